The minimum Gasteiger partial charge on any atom is -0.481 e. The number of piperidine rings is 1. The van der Waals surface area contributed by atoms with Gasteiger partial charge in [0.15, 0.2) is 0 Å². The van der Waals surface area contributed by atoms with E-state index in [9.17, 15) is 9.59 Å². The first-order valence-corrected chi connectivity index (χ1v) is 12.6. The Morgan fingerprint density at radius 3 is 2.44 bits per heavy atom. The third-order valence-corrected chi connectivity index (χ3v) is 7.64. The van der Waals surface area contributed by atoms with Crippen molar-refractivity contribution in [3.05, 3.63) is 66.0 Å². The minimum atomic E-state index is -0.679. The zero-order valence-electron chi connectivity index (χ0n) is 20.2. The lowest BCUT2D eigenvalue weighted by Gasteiger charge is -2.46. The summed E-state index contributed by atoms with van der Waals surface area (Å²) in [4.78, 5) is 30.4. The first-order valence-electron chi connectivity index (χ1n) is 12.6. The van der Waals surface area contributed by atoms with Gasteiger partial charge in [-0.05, 0) is 67.6 Å². The first kappa shape index (κ1) is 24.0. The maximum Gasteiger partial charge on any atom is 0.313 e. The van der Waals surface area contributed by atoms with Gasteiger partial charge in [0.25, 0.3) is 0 Å². The van der Waals surface area contributed by atoms with E-state index in [1.807, 2.05) is 42.5 Å². The summed E-state index contributed by atoms with van der Waals surface area (Å²) in [6.07, 6.45) is 8.92. The average Bonchev–Trinajstić information content (AvgIpc) is 3.36. The number of carbonyl (C=O) groups is 2. The van der Waals surface area contributed by atoms with Crippen LogP contribution in [0.25, 0.3) is 0 Å². The molecule has 1 saturated heterocycles. The number of hydrogen-bond donors (Lipinski definition) is 2. The predicted molar refractivity (Wildman–Crippen MR) is 134 cm³/mol. The van der Waals surface area contributed by atoms with Crippen LogP contribution in [0.2, 0.25) is 0 Å². The summed E-state index contributed by atoms with van der Waals surface area (Å²) in [6, 6.07) is 13.5. The molecule has 9 heteroatoms. The molecule has 1 aliphatic carbocycles. The van der Waals surface area contributed by atoms with E-state index in [1.54, 1.807) is 6.20 Å². The molecular formula is C27H31N5O4. The van der Waals surface area contributed by atoms with E-state index in [2.05, 4.69) is 25.4 Å². The number of anilines is 2. The topological polar surface area (TPSA) is 121 Å². The van der Waals surface area contributed by atoms with Crippen molar-refractivity contribution in [1.29, 1.82) is 0 Å². The highest BCUT2D eigenvalue weighted by molar-refractivity contribution is 6.00. The summed E-state index contributed by atoms with van der Waals surface area (Å²) in [5, 5.41) is 19.7. The molecule has 36 heavy (non-hydrogen) atoms. The lowest BCUT2D eigenvalue weighted by molar-refractivity contribution is -0.138. The quantitative estimate of drug-likeness (QED) is 0.495. The highest BCUT2D eigenvalue weighted by atomic mass is 16.4. The third kappa shape index (κ3) is 5.72. The lowest BCUT2D eigenvalue weighted by atomic mass is 9.65. The average molecular weight is 490 g/mol. The Morgan fingerprint density at radius 2 is 1.78 bits per heavy atom. The number of nitrogens with zero attached hydrogens (tertiary/aromatic N) is 4. The van der Waals surface area contributed by atoms with Crippen LogP contribution in [0, 0.1) is 11.3 Å². The van der Waals surface area contributed by atoms with Crippen molar-refractivity contribution in [2.24, 2.45) is 11.3 Å². The molecule has 1 aliphatic heterocycles. The Bertz CT molecular complexity index is 1180. The molecule has 1 amide bonds. The fraction of sp³-hybridized carbons (Fsp3) is 0.444. The number of nitrogens with one attached hydrogen (secondary N) is 1. The number of amides is 1. The van der Waals surface area contributed by atoms with Gasteiger partial charge < -0.3 is 19.7 Å². The molecule has 2 N–H and O–H groups in total. The Hall–Kier alpha value is -3.75. The number of benzene rings is 1. The van der Waals surface area contributed by atoms with Crippen LogP contribution in [-0.2, 0) is 11.2 Å². The normalized spacial score (nSPS) is 17.7. The molecule has 9 nitrogen and oxygen atoms in total. The van der Waals surface area contributed by atoms with E-state index in [1.165, 1.54) is 0 Å². The van der Waals surface area contributed by atoms with Crippen LogP contribution >= 0.6 is 0 Å². The number of carbonyl (C=O) groups excluding carboxylic acids is 1. The van der Waals surface area contributed by atoms with Crippen molar-refractivity contribution in [1.82, 2.24) is 15.2 Å². The molecule has 3 aromatic rings. The molecule has 2 aromatic heterocycles. The summed E-state index contributed by atoms with van der Waals surface area (Å²) >= 11 is 0. The van der Waals surface area contributed by atoms with E-state index in [4.69, 9.17) is 9.52 Å². The number of aliphatic carboxylic acids is 1. The largest absolute Gasteiger partial charge is 0.481 e. The Balaban J connectivity index is 1.11. The van der Waals surface area contributed by atoms with E-state index in [0.717, 1.165) is 63.0 Å². The van der Waals surface area contributed by atoms with Gasteiger partial charge in [0, 0.05) is 19.5 Å². The van der Waals surface area contributed by atoms with Crippen LogP contribution in [0.3, 0.4) is 0 Å². The zero-order valence-corrected chi connectivity index (χ0v) is 20.2. The second kappa shape index (κ2) is 10.5. The van der Waals surface area contributed by atoms with Crippen molar-refractivity contribution >= 4 is 23.4 Å². The molecule has 1 spiro atoms. The molecule has 188 valence electrons. The Labute approximate surface area is 209 Å². The summed E-state index contributed by atoms with van der Waals surface area (Å²) in [5.41, 5.74) is 1.95. The van der Waals surface area contributed by atoms with Gasteiger partial charge in [-0.3, -0.25) is 9.59 Å². The van der Waals surface area contributed by atoms with Crippen LogP contribution in [-0.4, -0.2) is 45.3 Å². The standard InChI is InChI=1S/C27H31N5O4/c33-24(34)17-20-8-10-27(11-9-20)12-14-32(15-13-27)22-7-6-21(18-28-22)29-25(35)26-31-30-23(36-26)16-19-4-2-1-3-5-19/h1-7,18,20H,8-17H2,(H,29,35)(H,33,34). The molecule has 0 radical (unpaired) electrons. The molecule has 3 heterocycles. The molecule has 5 rings (SSSR count). The van der Waals surface area contributed by atoms with Crippen LogP contribution in [0.4, 0.5) is 11.5 Å². The van der Waals surface area contributed by atoms with Crippen molar-refractivity contribution in [2.75, 3.05) is 23.3 Å². The van der Waals surface area contributed by atoms with Crippen molar-refractivity contribution in [3.63, 3.8) is 0 Å². The Kier molecular flexibility index (Phi) is 6.97. The fourth-order valence-electron chi connectivity index (χ4n) is 5.47. The van der Waals surface area contributed by atoms with Gasteiger partial charge in [-0.2, -0.15) is 0 Å². The molecule has 0 unspecified atom stereocenters. The zero-order chi connectivity index (χ0) is 25.0. The number of carboxylic acids is 1. The van der Waals surface area contributed by atoms with E-state index < -0.39 is 11.9 Å². The number of rotatable bonds is 7. The van der Waals surface area contributed by atoms with E-state index in [0.29, 0.717) is 35.8 Å². The van der Waals surface area contributed by atoms with E-state index >= 15 is 0 Å². The summed E-state index contributed by atoms with van der Waals surface area (Å²) in [6.45, 7) is 1.88. The third-order valence-electron chi connectivity index (χ3n) is 7.64. The van der Waals surface area contributed by atoms with Crippen molar-refractivity contribution in [2.45, 2.75) is 51.4 Å². The van der Waals surface area contributed by atoms with Gasteiger partial charge >= 0.3 is 17.8 Å². The number of carboxylic acid groups (broad SMARTS) is 1. The summed E-state index contributed by atoms with van der Waals surface area (Å²) < 4.78 is 5.53. The predicted octanol–water partition coefficient (Wildman–Crippen LogP) is 4.56. The van der Waals surface area contributed by atoms with Gasteiger partial charge in [0.05, 0.1) is 18.3 Å². The monoisotopic (exact) mass is 489 g/mol. The van der Waals surface area contributed by atoms with Crippen LogP contribution in [0.15, 0.2) is 53.1 Å². The smallest absolute Gasteiger partial charge is 0.313 e. The second-order valence-corrected chi connectivity index (χ2v) is 10.1. The molecule has 2 aliphatic rings. The number of aromatic nitrogens is 3. The summed E-state index contributed by atoms with van der Waals surface area (Å²) in [7, 11) is 0. The van der Waals surface area contributed by atoms with Crippen LogP contribution in [0.1, 0.15) is 67.1 Å². The fourth-order valence-corrected chi connectivity index (χ4v) is 5.47. The van der Waals surface area contributed by atoms with Crippen molar-refractivity contribution in [3.8, 4) is 0 Å². The summed E-state index contributed by atoms with van der Waals surface area (Å²) in [5.74, 6) is 0.391. The van der Waals surface area contributed by atoms with Crippen LogP contribution < -0.4 is 10.2 Å². The van der Waals surface area contributed by atoms with Gasteiger partial charge in [-0.1, -0.05) is 30.3 Å². The maximum atomic E-state index is 12.5. The highest BCUT2D eigenvalue weighted by Crippen LogP contribution is 2.47. The molecule has 1 saturated carbocycles. The number of pyridine rings is 1. The molecule has 0 atom stereocenters. The molecule has 0 bridgehead atoms. The maximum absolute atomic E-state index is 12.5. The molecule has 2 fully saturated rings. The SMILES string of the molecule is O=C(O)CC1CCC2(CC1)CCN(c1ccc(NC(=O)c3nnc(Cc4ccccc4)o3)cn1)CC2. The molecular weight excluding hydrogens is 458 g/mol. The van der Waals surface area contributed by atoms with Crippen molar-refractivity contribution < 1.29 is 19.1 Å². The van der Waals surface area contributed by atoms with Gasteiger partial charge in [-0.25, -0.2) is 4.98 Å². The minimum absolute atomic E-state index is 0.0792. The number of hydrogen-bond acceptors (Lipinski definition) is 7. The second-order valence-electron chi connectivity index (χ2n) is 10.1. The van der Waals surface area contributed by atoms with Gasteiger partial charge in [0.1, 0.15) is 5.82 Å². The lowest BCUT2D eigenvalue weighted by Crippen LogP contribution is -2.42. The van der Waals surface area contributed by atoms with Gasteiger partial charge in [0.2, 0.25) is 5.89 Å². The highest BCUT2D eigenvalue weighted by Gasteiger charge is 2.38. The molecule has 1 aromatic carbocycles. The van der Waals surface area contributed by atoms with Crippen LogP contribution in [0.5, 0.6) is 0 Å². The Morgan fingerprint density at radius 1 is 1.03 bits per heavy atom. The first-order chi connectivity index (χ1) is 17.5. The van der Waals surface area contributed by atoms with Gasteiger partial charge in [-0.15, -0.1) is 10.2 Å². The van der Waals surface area contributed by atoms with E-state index in [-0.39, 0.29) is 5.89 Å².